The Kier molecular flexibility index (Phi) is 10.5. The zero-order chi connectivity index (χ0) is 26.2. The summed E-state index contributed by atoms with van der Waals surface area (Å²) >= 11 is 0. The number of ether oxygens (including phenoxy) is 1. The molecule has 4 N–H and O–H groups in total. The fourth-order valence-electron chi connectivity index (χ4n) is 3.53. The highest BCUT2D eigenvalue weighted by atomic mass is 16.6. The summed E-state index contributed by atoms with van der Waals surface area (Å²) in [5.74, 6) is -1.70. The summed E-state index contributed by atoms with van der Waals surface area (Å²) in [7, 11) is 0. The van der Waals surface area contributed by atoms with E-state index >= 15 is 0 Å². The van der Waals surface area contributed by atoms with Crippen molar-refractivity contribution in [2.75, 3.05) is 6.54 Å². The lowest BCUT2D eigenvalue weighted by Crippen LogP contribution is -2.54. The number of benzene rings is 1. The van der Waals surface area contributed by atoms with E-state index in [0.717, 1.165) is 11.1 Å². The number of primary amides is 1. The molecule has 0 radical (unpaired) electrons. The van der Waals surface area contributed by atoms with E-state index in [-0.39, 0.29) is 18.5 Å². The molecule has 34 heavy (non-hydrogen) atoms. The predicted molar refractivity (Wildman–Crippen MR) is 131 cm³/mol. The van der Waals surface area contributed by atoms with Gasteiger partial charge in [0.15, 0.2) is 0 Å². The molecule has 1 aromatic carbocycles. The molecular weight excluding hydrogens is 436 g/mol. The van der Waals surface area contributed by atoms with Crippen LogP contribution in [0.15, 0.2) is 18.2 Å². The summed E-state index contributed by atoms with van der Waals surface area (Å²) in [5.41, 5.74) is 7.04. The van der Waals surface area contributed by atoms with Crippen LogP contribution in [0.3, 0.4) is 0 Å². The van der Waals surface area contributed by atoms with Gasteiger partial charge in [0.25, 0.3) is 0 Å². The molecule has 9 heteroatoms. The Morgan fingerprint density at radius 2 is 1.71 bits per heavy atom. The van der Waals surface area contributed by atoms with Gasteiger partial charge in [-0.15, -0.1) is 0 Å². The maximum atomic E-state index is 13.7. The number of hydrogen-bond acceptors (Lipinski definition) is 5. The van der Waals surface area contributed by atoms with E-state index in [2.05, 4.69) is 10.6 Å². The molecule has 0 aliphatic carbocycles. The quantitative estimate of drug-likeness (QED) is 0.478. The van der Waals surface area contributed by atoms with E-state index in [1.54, 1.807) is 20.8 Å². The van der Waals surface area contributed by atoms with Gasteiger partial charge in [-0.25, -0.2) is 4.79 Å². The molecule has 0 heterocycles. The molecule has 9 nitrogen and oxygen atoms in total. The average molecular weight is 477 g/mol. The van der Waals surface area contributed by atoms with Crippen molar-refractivity contribution in [2.45, 2.75) is 92.0 Å². The van der Waals surface area contributed by atoms with Crippen molar-refractivity contribution < 1.29 is 23.9 Å². The molecule has 0 bridgehead atoms. The molecule has 0 fully saturated rings. The van der Waals surface area contributed by atoms with E-state index in [1.807, 2.05) is 52.8 Å². The molecule has 2 atom stereocenters. The van der Waals surface area contributed by atoms with Crippen LogP contribution in [-0.4, -0.2) is 52.9 Å². The summed E-state index contributed by atoms with van der Waals surface area (Å²) in [6, 6.07) is 3.32. The molecule has 2 unspecified atom stereocenters. The van der Waals surface area contributed by atoms with Crippen LogP contribution in [0.5, 0.6) is 0 Å². The Labute approximate surface area is 202 Å². The van der Waals surface area contributed by atoms with Crippen LogP contribution in [0.25, 0.3) is 0 Å². The van der Waals surface area contributed by atoms with Gasteiger partial charge in [0.2, 0.25) is 17.7 Å². The second-order valence-electron chi connectivity index (χ2n) is 9.83. The normalized spacial score (nSPS) is 13.1. The van der Waals surface area contributed by atoms with Crippen LogP contribution in [-0.2, 0) is 19.1 Å². The number of aryl methyl sites for hydroxylation is 2. The first-order valence-corrected chi connectivity index (χ1v) is 11.6. The van der Waals surface area contributed by atoms with Gasteiger partial charge in [-0.05, 0) is 66.0 Å². The summed E-state index contributed by atoms with van der Waals surface area (Å²) in [5, 5.41) is 5.37. The monoisotopic (exact) mass is 476 g/mol. The Hall–Kier alpha value is -3.10. The summed E-state index contributed by atoms with van der Waals surface area (Å²) in [6.07, 6.45) is -0.722. The van der Waals surface area contributed by atoms with Crippen LogP contribution < -0.4 is 16.4 Å². The highest BCUT2D eigenvalue weighted by Crippen LogP contribution is 2.27. The summed E-state index contributed by atoms with van der Waals surface area (Å²) < 4.78 is 5.27. The molecule has 0 saturated carbocycles. The molecule has 0 aromatic heterocycles. The SMILES string of the molecule is CCCN(C(=O)C(CC(N)=O)NC(=O)OC(C)(C)C)C(C(=O)NC(C)C)c1cc(C)ccc1C. The van der Waals surface area contributed by atoms with Gasteiger partial charge >= 0.3 is 6.09 Å². The lowest BCUT2D eigenvalue weighted by molar-refractivity contribution is -0.143. The number of hydrogen-bond donors (Lipinski definition) is 3. The van der Waals surface area contributed by atoms with Gasteiger partial charge in [-0.2, -0.15) is 0 Å². The third kappa shape index (κ3) is 9.03. The van der Waals surface area contributed by atoms with Crippen LogP contribution in [0.1, 0.15) is 77.1 Å². The van der Waals surface area contributed by atoms with Gasteiger partial charge in [-0.3, -0.25) is 14.4 Å². The molecular formula is C25H40N4O5. The average Bonchev–Trinajstić information content (AvgIpc) is 2.66. The Bertz CT molecular complexity index is 892. The molecule has 0 aliphatic heterocycles. The predicted octanol–water partition coefficient (Wildman–Crippen LogP) is 2.88. The molecule has 190 valence electrons. The minimum absolute atomic E-state index is 0.153. The summed E-state index contributed by atoms with van der Waals surface area (Å²) in [4.78, 5) is 52.7. The Balaban J connectivity index is 3.51. The maximum Gasteiger partial charge on any atom is 0.408 e. The number of carbonyl (C=O) groups is 4. The fraction of sp³-hybridized carbons (Fsp3) is 0.600. The molecule has 1 rings (SSSR count). The van der Waals surface area contributed by atoms with Crippen LogP contribution >= 0.6 is 0 Å². The van der Waals surface area contributed by atoms with E-state index in [1.165, 1.54) is 4.90 Å². The van der Waals surface area contributed by atoms with Crippen LogP contribution in [0.2, 0.25) is 0 Å². The second-order valence-corrected chi connectivity index (χ2v) is 9.83. The lowest BCUT2D eigenvalue weighted by Gasteiger charge is -2.35. The van der Waals surface area contributed by atoms with Crippen molar-refractivity contribution in [1.29, 1.82) is 0 Å². The number of nitrogens with zero attached hydrogens (tertiary/aromatic N) is 1. The third-order valence-electron chi connectivity index (χ3n) is 4.86. The van der Waals surface area contributed by atoms with Crippen molar-refractivity contribution >= 4 is 23.8 Å². The third-order valence-corrected chi connectivity index (χ3v) is 4.86. The first-order valence-electron chi connectivity index (χ1n) is 11.6. The first-order chi connectivity index (χ1) is 15.7. The smallest absolute Gasteiger partial charge is 0.408 e. The van der Waals surface area contributed by atoms with Gasteiger partial charge in [0, 0.05) is 12.6 Å². The van der Waals surface area contributed by atoms with Gasteiger partial charge < -0.3 is 26.0 Å². The van der Waals surface area contributed by atoms with E-state index in [9.17, 15) is 19.2 Å². The largest absolute Gasteiger partial charge is 0.444 e. The van der Waals surface area contributed by atoms with Gasteiger partial charge in [0.1, 0.15) is 17.7 Å². The second kappa shape index (κ2) is 12.4. The zero-order valence-electron chi connectivity index (χ0n) is 21.7. The number of alkyl carbamates (subject to hydrolysis) is 1. The standard InChI is InChI=1S/C25H40N4O5/c1-9-12-29(23(32)19(14-20(26)30)28-24(33)34-25(6,7)8)21(22(31)27-15(2)3)18-13-16(4)10-11-17(18)5/h10-11,13,15,19,21H,9,12,14H2,1-8H3,(H2,26,30)(H,27,31)(H,28,33). The van der Waals surface area contributed by atoms with Crippen molar-refractivity contribution in [1.82, 2.24) is 15.5 Å². The first kappa shape index (κ1) is 28.9. The fourth-order valence-corrected chi connectivity index (χ4v) is 3.53. The molecule has 1 aromatic rings. The molecule has 4 amide bonds. The number of carbonyl (C=O) groups excluding carboxylic acids is 4. The topological polar surface area (TPSA) is 131 Å². The number of rotatable bonds is 10. The van der Waals surface area contributed by atoms with Crippen molar-refractivity contribution in [2.24, 2.45) is 5.73 Å². The maximum absolute atomic E-state index is 13.7. The Morgan fingerprint density at radius 3 is 2.21 bits per heavy atom. The van der Waals surface area contributed by atoms with Gasteiger partial charge in [-0.1, -0.05) is 30.7 Å². The van der Waals surface area contributed by atoms with Crippen LogP contribution in [0.4, 0.5) is 4.79 Å². The van der Waals surface area contributed by atoms with E-state index < -0.39 is 42.0 Å². The summed E-state index contributed by atoms with van der Waals surface area (Å²) in [6.45, 7) is 14.6. The minimum Gasteiger partial charge on any atom is -0.444 e. The lowest BCUT2D eigenvalue weighted by atomic mass is 9.95. The molecule has 0 spiro atoms. The van der Waals surface area contributed by atoms with Crippen LogP contribution in [0, 0.1) is 13.8 Å². The highest BCUT2D eigenvalue weighted by Gasteiger charge is 2.37. The minimum atomic E-state index is -1.28. The highest BCUT2D eigenvalue weighted by molar-refractivity contribution is 5.94. The zero-order valence-corrected chi connectivity index (χ0v) is 21.7. The molecule has 0 aliphatic rings. The number of nitrogens with two attached hydrogens (primary N) is 1. The van der Waals surface area contributed by atoms with Gasteiger partial charge in [0.05, 0.1) is 6.42 Å². The van der Waals surface area contributed by atoms with E-state index in [0.29, 0.717) is 12.0 Å². The number of amides is 4. The number of nitrogens with one attached hydrogen (secondary N) is 2. The van der Waals surface area contributed by atoms with Crippen molar-refractivity contribution in [3.8, 4) is 0 Å². The van der Waals surface area contributed by atoms with E-state index in [4.69, 9.17) is 10.5 Å². The van der Waals surface area contributed by atoms with Crippen molar-refractivity contribution in [3.63, 3.8) is 0 Å². The van der Waals surface area contributed by atoms with Crippen molar-refractivity contribution in [3.05, 3.63) is 34.9 Å². The Morgan fingerprint density at radius 1 is 1.09 bits per heavy atom. The molecule has 0 saturated heterocycles.